The molecule has 0 bridgehead atoms. The second-order valence-electron chi connectivity index (χ2n) is 14.4. The number of hydrogen-bond acceptors (Lipinski definition) is 10. The lowest BCUT2D eigenvalue weighted by molar-refractivity contribution is 0.00876. The zero-order chi connectivity index (χ0) is 34.7. The van der Waals surface area contributed by atoms with E-state index < -0.39 is 35.0 Å². The molecule has 254 valence electrons. The Morgan fingerprint density at radius 2 is 1.55 bits per heavy atom. The summed E-state index contributed by atoms with van der Waals surface area (Å²) in [6.07, 6.45) is 2.51. The fourth-order valence-electron chi connectivity index (χ4n) is 6.56. The fourth-order valence-corrected chi connectivity index (χ4v) is 6.56. The predicted molar refractivity (Wildman–Crippen MR) is 182 cm³/mol. The second kappa shape index (κ2) is 11.6. The van der Waals surface area contributed by atoms with E-state index in [-0.39, 0.29) is 0 Å². The number of rotatable bonds is 4. The summed E-state index contributed by atoms with van der Waals surface area (Å²) in [6, 6.07) is 16.6. The lowest BCUT2D eigenvalue weighted by Crippen LogP contribution is -2.55. The molecule has 0 radical (unpaired) electrons. The molecule has 0 saturated carbocycles. The number of aromatic nitrogens is 5. The van der Waals surface area contributed by atoms with Gasteiger partial charge in [-0.15, -0.1) is 0 Å². The summed E-state index contributed by atoms with van der Waals surface area (Å²) in [6.45, 7) is 11.9. The number of hydrogen-bond donors (Lipinski definition) is 0. The number of ether oxygens (including phenoxy) is 3. The van der Waals surface area contributed by atoms with E-state index >= 15 is 0 Å². The van der Waals surface area contributed by atoms with Gasteiger partial charge in [0.15, 0.2) is 5.65 Å². The Kier molecular flexibility index (Phi) is 7.60. The first-order valence-corrected chi connectivity index (χ1v) is 16.3. The molecule has 13 nitrogen and oxygen atoms in total. The zero-order valence-corrected chi connectivity index (χ0v) is 28.5. The molecule has 2 aliphatic heterocycles. The van der Waals surface area contributed by atoms with Gasteiger partial charge in [-0.3, -0.25) is 0 Å². The van der Waals surface area contributed by atoms with Crippen LogP contribution in [0.15, 0.2) is 67.1 Å². The minimum atomic E-state index is -1.08. The van der Waals surface area contributed by atoms with Crippen molar-refractivity contribution in [2.24, 2.45) is 0 Å². The van der Waals surface area contributed by atoms with Crippen LogP contribution in [0.25, 0.3) is 22.1 Å². The summed E-state index contributed by atoms with van der Waals surface area (Å²) >= 11 is 0. The fraction of sp³-hybridized carbons (Fsp3) is 0.389. The molecule has 1 spiro atoms. The Labute approximate surface area is 283 Å². The molecule has 3 aromatic heterocycles. The molecular weight excluding hydrogens is 626 g/mol. The van der Waals surface area contributed by atoms with Crippen molar-refractivity contribution in [1.29, 1.82) is 0 Å². The van der Waals surface area contributed by atoms with Crippen LogP contribution in [0.1, 0.15) is 65.8 Å². The average molecular weight is 666 g/mol. The van der Waals surface area contributed by atoms with Crippen molar-refractivity contribution in [3.8, 4) is 5.75 Å². The van der Waals surface area contributed by atoms with Crippen molar-refractivity contribution in [3.05, 3.63) is 78.5 Å². The van der Waals surface area contributed by atoms with Gasteiger partial charge in [-0.1, -0.05) is 36.4 Å². The molecule has 0 atom stereocenters. The zero-order valence-electron chi connectivity index (χ0n) is 28.5. The number of carbonyl (C=O) groups is 3. The molecule has 5 heterocycles. The van der Waals surface area contributed by atoms with E-state index in [0.29, 0.717) is 72.0 Å². The first kappa shape index (κ1) is 32.1. The predicted octanol–water partition coefficient (Wildman–Crippen LogP) is 6.86. The molecule has 0 unspecified atom stereocenters. The number of para-hydroxylation sites is 1. The number of imide groups is 1. The number of benzene rings is 2. The number of nitrogens with zero attached hydrogens (tertiary/aromatic N) is 7. The highest BCUT2D eigenvalue weighted by atomic mass is 16.6. The normalized spacial score (nSPS) is 16.0. The van der Waals surface area contributed by atoms with Crippen LogP contribution in [0, 0.1) is 0 Å². The van der Waals surface area contributed by atoms with Crippen molar-refractivity contribution >= 4 is 46.1 Å². The number of fused-ring (bicyclic) bond motifs is 5. The van der Waals surface area contributed by atoms with E-state index in [1.165, 1.54) is 20.4 Å². The summed E-state index contributed by atoms with van der Waals surface area (Å²) in [4.78, 5) is 58.3. The van der Waals surface area contributed by atoms with Crippen molar-refractivity contribution in [2.45, 2.75) is 77.7 Å². The van der Waals surface area contributed by atoms with E-state index in [9.17, 15) is 14.4 Å². The van der Waals surface area contributed by atoms with Crippen LogP contribution in [-0.2, 0) is 21.6 Å². The third kappa shape index (κ3) is 5.72. The lowest BCUT2D eigenvalue weighted by Gasteiger charge is -2.42. The summed E-state index contributed by atoms with van der Waals surface area (Å²) < 4.78 is 20.5. The largest absolute Gasteiger partial charge is 0.487 e. The van der Waals surface area contributed by atoms with Crippen LogP contribution in [-0.4, -0.2) is 71.5 Å². The molecule has 2 amide bonds. The van der Waals surface area contributed by atoms with Crippen LogP contribution < -0.4 is 9.64 Å². The number of anilines is 1. The third-order valence-corrected chi connectivity index (χ3v) is 8.63. The monoisotopic (exact) mass is 665 g/mol. The maximum atomic E-state index is 14.3. The van der Waals surface area contributed by atoms with Gasteiger partial charge in [0, 0.05) is 19.3 Å². The Hall–Kier alpha value is -5.46. The van der Waals surface area contributed by atoms with E-state index in [1.54, 1.807) is 33.0 Å². The molecule has 2 aromatic carbocycles. The van der Waals surface area contributed by atoms with Crippen LogP contribution in [0.5, 0.6) is 5.75 Å². The molecular formula is C36H39N7O6. The van der Waals surface area contributed by atoms with Crippen molar-refractivity contribution in [2.75, 3.05) is 18.0 Å². The Balaban J connectivity index is 1.24. The highest BCUT2D eigenvalue weighted by Crippen LogP contribution is 2.47. The first-order chi connectivity index (χ1) is 23.3. The Morgan fingerprint density at radius 1 is 0.857 bits per heavy atom. The van der Waals surface area contributed by atoms with Gasteiger partial charge in [-0.05, 0) is 78.1 Å². The van der Waals surface area contributed by atoms with Crippen molar-refractivity contribution in [3.63, 3.8) is 0 Å². The second-order valence-corrected chi connectivity index (χ2v) is 14.4. The molecule has 0 N–H and O–H groups in total. The van der Waals surface area contributed by atoms with Gasteiger partial charge in [0.1, 0.15) is 52.6 Å². The summed E-state index contributed by atoms with van der Waals surface area (Å²) in [7, 11) is 0. The molecule has 13 heteroatoms. The van der Waals surface area contributed by atoms with Gasteiger partial charge in [0.2, 0.25) is 0 Å². The summed E-state index contributed by atoms with van der Waals surface area (Å²) in [5.74, 6) is 1.66. The van der Waals surface area contributed by atoms with Gasteiger partial charge in [-0.25, -0.2) is 43.4 Å². The minimum Gasteiger partial charge on any atom is -0.487 e. The average Bonchev–Trinajstić information content (AvgIpc) is 3.71. The summed E-state index contributed by atoms with van der Waals surface area (Å²) in [5.41, 5.74) is -0.0426. The van der Waals surface area contributed by atoms with Crippen molar-refractivity contribution < 1.29 is 28.6 Å². The number of carbonyl (C=O) groups excluding carboxylic acids is 3. The van der Waals surface area contributed by atoms with Gasteiger partial charge in [0.05, 0.1) is 10.9 Å². The van der Waals surface area contributed by atoms with Gasteiger partial charge >= 0.3 is 18.2 Å². The Morgan fingerprint density at radius 3 is 2.24 bits per heavy atom. The SMILES string of the molecule is CC(C)(C)OC(=O)N1C(=O)n2c(nc3c(OCc4ccccc4)cccc32)C12CCN(c1ncnc3c1ccn3C(=O)OC(C)(C)C)CC2. The maximum Gasteiger partial charge on any atom is 0.420 e. The molecule has 1 fully saturated rings. The number of piperidine rings is 1. The molecule has 2 aliphatic rings. The third-order valence-electron chi connectivity index (χ3n) is 8.63. The van der Waals surface area contributed by atoms with Crippen molar-refractivity contribution in [1.82, 2.24) is 29.0 Å². The maximum absolute atomic E-state index is 14.3. The highest BCUT2D eigenvalue weighted by molar-refractivity contribution is 6.02. The number of amides is 2. The highest BCUT2D eigenvalue weighted by Gasteiger charge is 2.57. The lowest BCUT2D eigenvalue weighted by atomic mass is 9.86. The summed E-state index contributed by atoms with van der Waals surface area (Å²) in [5, 5.41) is 0.684. The van der Waals surface area contributed by atoms with E-state index in [0.717, 1.165) is 5.56 Å². The minimum absolute atomic E-state index is 0.337. The molecule has 5 aromatic rings. The molecule has 1 saturated heterocycles. The molecule has 49 heavy (non-hydrogen) atoms. The van der Waals surface area contributed by atoms with E-state index in [2.05, 4.69) is 14.9 Å². The van der Waals surface area contributed by atoms with E-state index in [1.807, 2.05) is 69.3 Å². The topological polar surface area (TPSA) is 134 Å². The molecule has 7 rings (SSSR count). The standard InChI is InChI=1S/C36H39N7O6/c1-34(2,3)48-32(45)41-18-15-24-28(37-22-38-29(24)41)40-19-16-36(17-20-40)30-39-27-25(42(30)31(44)43(36)33(46)49-35(4,5)6)13-10-14-26(27)47-21-23-11-8-7-9-12-23/h7-15,18,22H,16-17,19-21H2,1-6H3. The quantitative estimate of drug-likeness (QED) is 0.200. The van der Waals surface area contributed by atoms with Crippen LogP contribution in [0.2, 0.25) is 0 Å². The first-order valence-electron chi connectivity index (χ1n) is 16.3. The number of imidazole rings is 1. The van der Waals surface area contributed by atoms with Crippen LogP contribution >= 0.6 is 0 Å². The van der Waals surface area contributed by atoms with Crippen LogP contribution in [0.3, 0.4) is 0 Å². The molecule has 0 aliphatic carbocycles. The van der Waals surface area contributed by atoms with Crippen LogP contribution in [0.4, 0.5) is 20.2 Å². The van der Waals surface area contributed by atoms with E-state index in [4.69, 9.17) is 19.2 Å². The Bertz CT molecular complexity index is 2080. The van der Waals surface area contributed by atoms with Gasteiger partial charge < -0.3 is 19.1 Å². The van der Waals surface area contributed by atoms with Gasteiger partial charge in [0.25, 0.3) is 0 Å². The smallest absolute Gasteiger partial charge is 0.420 e. The van der Waals surface area contributed by atoms with Gasteiger partial charge in [-0.2, -0.15) is 0 Å².